The number of carbonyl (C=O) groups is 1. The molecule has 0 aliphatic heterocycles. The molecule has 0 bridgehead atoms. The first-order valence-electron chi connectivity index (χ1n) is 12.9. The number of unbranched alkanes of at least 4 members (excludes halogenated alkanes) is 2. The van der Waals surface area contributed by atoms with E-state index < -0.39 is 5.97 Å². The van der Waals surface area contributed by atoms with Gasteiger partial charge in [0.05, 0.1) is 13.2 Å². The van der Waals surface area contributed by atoms with Gasteiger partial charge in [0.25, 0.3) is 0 Å². The minimum atomic E-state index is -0.431. The minimum absolute atomic E-state index is 0.0469. The van der Waals surface area contributed by atoms with Gasteiger partial charge in [0.2, 0.25) is 0 Å². The maximum atomic E-state index is 11.4. The van der Waals surface area contributed by atoms with E-state index in [0.717, 1.165) is 22.6 Å². The van der Waals surface area contributed by atoms with Crippen molar-refractivity contribution in [2.24, 2.45) is 5.92 Å². The largest absolute Gasteiger partial charge is 0.491 e. The van der Waals surface area contributed by atoms with Gasteiger partial charge in [0, 0.05) is 12.5 Å². The van der Waals surface area contributed by atoms with Gasteiger partial charge in [-0.1, -0.05) is 69.5 Å². The summed E-state index contributed by atoms with van der Waals surface area (Å²) in [6.07, 6.45) is 12.5. The molecule has 0 spiro atoms. The topological polar surface area (TPSA) is 55.8 Å². The molecule has 2 aromatic rings. The Morgan fingerprint density at radius 2 is 1.76 bits per heavy atom. The van der Waals surface area contributed by atoms with Crippen LogP contribution in [0.15, 0.2) is 55.1 Å². The third-order valence-electron chi connectivity index (χ3n) is 6.97. The highest BCUT2D eigenvalue weighted by Crippen LogP contribution is 2.38. The van der Waals surface area contributed by atoms with Crippen LogP contribution in [-0.2, 0) is 16.0 Å². The van der Waals surface area contributed by atoms with Gasteiger partial charge in [0.15, 0.2) is 0 Å². The van der Waals surface area contributed by atoms with Crippen molar-refractivity contribution < 1.29 is 19.4 Å². The molecule has 1 N–H and O–H groups in total. The molecule has 1 aliphatic carbocycles. The molecule has 4 heteroatoms. The fraction of sp³-hybridized carbons (Fsp3) is 0.500. The summed E-state index contributed by atoms with van der Waals surface area (Å²) in [6, 6.07) is 15.1. The monoisotopic (exact) mass is 464 g/mol. The Kier molecular flexibility index (Phi) is 10.7. The van der Waals surface area contributed by atoms with E-state index in [-0.39, 0.29) is 19.8 Å². The van der Waals surface area contributed by atoms with Crippen molar-refractivity contribution in [3.05, 3.63) is 66.2 Å². The molecule has 2 aromatic carbocycles. The summed E-state index contributed by atoms with van der Waals surface area (Å²) in [4.78, 5) is 11.4. The SMILES string of the molecule is C=CC(=O)OCCc1cc(-c2ccc(C3CCC(CCCCC)CC3)cc2)ccc1OCCO. The summed E-state index contributed by atoms with van der Waals surface area (Å²) in [5, 5.41) is 9.12. The molecule has 1 aliphatic rings. The van der Waals surface area contributed by atoms with Gasteiger partial charge in [-0.25, -0.2) is 4.79 Å². The van der Waals surface area contributed by atoms with Crippen molar-refractivity contribution in [3.8, 4) is 16.9 Å². The molecule has 0 radical (unpaired) electrons. The first-order chi connectivity index (χ1) is 16.6. The predicted molar refractivity (Wildman–Crippen MR) is 138 cm³/mol. The predicted octanol–water partition coefficient (Wildman–Crippen LogP) is 6.85. The highest BCUT2D eigenvalue weighted by Gasteiger charge is 2.22. The van der Waals surface area contributed by atoms with E-state index in [1.807, 2.05) is 12.1 Å². The maximum Gasteiger partial charge on any atom is 0.330 e. The van der Waals surface area contributed by atoms with Crippen molar-refractivity contribution in [2.45, 2.75) is 70.6 Å². The number of benzene rings is 2. The van der Waals surface area contributed by atoms with Crippen LogP contribution >= 0.6 is 0 Å². The first-order valence-corrected chi connectivity index (χ1v) is 12.9. The zero-order valence-electron chi connectivity index (χ0n) is 20.6. The summed E-state index contributed by atoms with van der Waals surface area (Å²) in [6.45, 7) is 6.15. The molecule has 0 atom stereocenters. The summed E-state index contributed by atoms with van der Waals surface area (Å²) in [5.74, 6) is 1.89. The van der Waals surface area contributed by atoms with E-state index in [1.165, 1.54) is 63.0 Å². The van der Waals surface area contributed by atoms with Crippen molar-refractivity contribution in [1.29, 1.82) is 0 Å². The standard InChI is InChI=1S/C30H40O4/c1-3-5-6-7-23-8-10-24(11-9-23)25-12-14-26(15-13-25)27-16-17-29(33-21-19-31)28(22-27)18-20-34-30(32)4-2/h4,12-17,22-24,31H,2-3,5-11,18-21H2,1H3. The lowest BCUT2D eigenvalue weighted by Gasteiger charge is -2.29. The summed E-state index contributed by atoms with van der Waals surface area (Å²) < 4.78 is 10.8. The van der Waals surface area contributed by atoms with Crippen LogP contribution in [-0.4, -0.2) is 30.9 Å². The van der Waals surface area contributed by atoms with Gasteiger partial charge in [0.1, 0.15) is 12.4 Å². The van der Waals surface area contributed by atoms with Gasteiger partial charge in [-0.05, 0) is 71.9 Å². The van der Waals surface area contributed by atoms with Crippen molar-refractivity contribution in [3.63, 3.8) is 0 Å². The average molecular weight is 465 g/mol. The van der Waals surface area contributed by atoms with Gasteiger partial charge in [-0.3, -0.25) is 0 Å². The summed E-state index contributed by atoms with van der Waals surface area (Å²) in [7, 11) is 0. The Balaban J connectivity index is 1.64. The highest BCUT2D eigenvalue weighted by atomic mass is 16.5. The molecule has 3 rings (SSSR count). The smallest absolute Gasteiger partial charge is 0.330 e. The molecule has 0 unspecified atom stereocenters. The molecule has 0 amide bonds. The molecule has 34 heavy (non-hydrogen) atoms. The van der Waals surface area contributed by atoms with Crippen molar-refractivity contribution in [2.75, 3.05) is 19.8 Å². The fourth-order valence-electron chi connectivity index (χ4n) is 4.99. The number of esters is 1. The first kappa shape index (κ1) is 26.0. The molecule has 184 valence electrons. The number of aliphatic hydroxyl groups is 1. The fourth-order valence-corrected chi connectivity index (χ4v) is 4.99. The van der Waals surface area contributed by atoms with Crippen LogP contribution < -0.4 is 4.74 Å². The molecule has 0 aromatic heterocycles. The zero-order chi connectivity index (χ0) is 24.2. The molecule has 1 fully saturated rings. The van der Waals surface area contributed by atoms with Crippen LogP contribution in [0.5, 0.6) is 5.75 Å². The second-order valence-electron chi connectivity index (χ2n) is 9.35. The van der Waals surface area contributed by atoms with Crippen molar-refractivity contribution in [1.82, 2.24) is 0 Å². The number of carbonyl (C=O) groups excluding carboxylic acids is 1. The number of hydrogen-bond donors (Lipinski definition) is 1. The molecular weight excluding hydrogens is 424 g/mol. The number of rotatable bonds is 13. The minimum Gasteiger partial charge on any atom is -0.491 e. The normalized spacial score (nSPS) is 17.8. The second-order valence-corrected chi connectivity index (χ2v) is 9.35. The third-order valence-corrected chi connectivity index (χ3v) is 6.97. The lowest BCUT2D eigenvalue weighted by Crippen LogP contribution is -2.13. The van der Waals surface area contributed by atoms with Gasteiger partial charge in [-0.2, -0.15) is 0 Å². The van der Waals surface area contributed by atoms with Crippen molar-refractivity contribution >= 4 is 5.97 Å². The van der Waals surface area contributed by atoms with Crippen LogP contribution in [0.1, 0.15) is 75.3 Å². The van der Waals surface area contributed by atoms with E-state index in [9.17, 15) is 4.79 Å². The third kappa shape index (κ3) is 7.73. The van der Waals surface area contributed by atoms with Gasteiger partial charge >= 0.3 is 5.97 Å². The molecule has 0 heterocycles. The molecular formula is C30H40O4. The van der Waals surface area contributed by atoms with Crippen LogP contribution in [0, 0.1) is 5.92 Å². The molecule has 1 saturated carbocycles. The van der Waals surface area contributed by atoms with Crippen LogP contribution in [0.3, 0.4) is 0 Å². The van der Waals surface area contributed by atoms with E-state index in [0.29, 0.717) is 18.1 Å². The zero-order valence-corrected chi connectivity index (χ0v) is 20.6. The Hall–Kier alpha value is -2.59. The maximum absolute atomic E-state index is 11.4. The number of ether oxygens (including phenoxy) is 2. The van der Waals surface area contributed by atoms with Gasteiger partial charge < -0.3 is 14.6 Å². The number of hydrogen-bond acceptors (Lipinski definition) is 4. The molecule has 4 nitrogen and oxygen atoms in total. The van der Waals surface area contributed by atoms with E-state index in [2.05, 4.69) is 43.8 Å². The van der Waals surface area contributed by atoms with Gasteiger partial charge in [-0.15, -0.1) is 0 Å². The Bertz CT molecular complexity index is 895. The summed E-state index contributed by atoms with van der Waals surface area (Å²) in [5.41, 5.74) is 4.67. The average Bonchev–Trinajstić information content (AvgIpc) is 2.88. The Labute approximate surface area is 205 Å². The number of aliphatic hydroxyl groups excluding tert-OH is 1. The van der Waals surface area contributed by atoms with E-state index in [4.69, 9.17) is 14.6 Å². The van der Waals surface area contributed by atoms with Crippen LogP contribution in [0.4, 0.5) is 0 Å². The van der Waals surface area contributed by atoms with Crippen LogP contribution in [0.25, 0.3) is 11.1 Å². The molecule has 0 saturated heterocycles. The Morgan fingerprint density at radius 1 is 1.03 bits per heavy atom. The van der Waals surface area contributed by atoms with E-state index in [1.54, 1.807) is 0 Å². The van der Waals surface area contributed by atoms with E-state index >= 15 is 0 Å². The quantitative estimate of drug-likeness (QED) is 0.200. The van der Waals surface area contributed by atoms with Crippen LogP contribution in [0.2, 0.25) is 0 Å². The second kappa shape index (κ2) is 14.0. The lowest BCUT2D eigenvalue weighted by molar-refractivity contribution is -0.137. The highest BCUT2D eigenvalue weighted by molar-refractivity contribution is 5.81. The lowest BCUT2D eigenvalue weighted by atomic mass is 9.77. The Morgan fingerprint density at radius 3 is 2.44 bits per heavy atom. The summed E-state index contributed by atoms with van der Waals surface area (Å²) >= 11 is 0.